The van der Waals surface area contributed by atoms with Crippen molar-refractivity contribution in [2.45, 2.75) is 44.6 Å². The molecule has 24 heavy (non-hydrogen) atoms. The van der Waals surface area contributed by atoms with Crippen molar-refractivity contribution in [3.8, 4) is 0 Å². The third-order valence-corrected chi connectivity index (χ3v) is 5.97. The Kier molecular flexibility index (Phi) is 3.17. The molecule has 1 spiro atoms. The number of nitrogens with two attached hydrogens (primary N) is 1. The maximum Gasteiger partial charge on any atom is 0.416 e. The highest BCUT2D eigenvalue weighted by molar-refractivity contribution is 5.89. The van der Waals surface area contributed by atoms with Crippen LogP contribution >= 0.6 is 0 Å². The molecule has 2 unspecified atom stereocenters. The zero-order chi connectivity index (χ0) is 17.3. The Morgan fingerprint density at radius 3 is 2.67 bits per heavy atom. The lowest BCUT2D eigenvalue weighted by Gasteiger charge is -2.33. The van der Waals surface area contributed by atoms with Crippen molar-refractivity contribution in [2.24, 2.45) is 17.1 Å². The Bertz CT molecular complexity index is 742. The Morgan fingerprint density at radius 2 is 2.04 bits per heavy atom. The third kappa shape index (κ3) is 2.05. The van der Waals surface area contributed by atoms with Crippen LogP contribution in [-0.2, 0) is 23.9 Å². The molecular weight excluding hydrogens is 317 g/mol. The smallest absolute Gasteiger partial charge is 0.334 e. The van der Waals surface area contributed by atoms with Crippen LogP contribution in [0.1, 0.15) is 30.0 Å². The number of rotatable bonds is 0. The van der Waals surface area contributed by atoms with E-state index >= 15 is 0 Å². The fourth-order valence-corrected chi connectivity index (χ4v) is 4.58. The predicted molar refractivity (Wildman–Crippen MR) is 82.8 cm³/mol. The van der Waals surface area contributed by atoms with Crippen LogP contribution in [0.5, 0.6) is 0 Å². The van der Waals surface area contributed by atoms with Crippen LogP contribution in [0, 0.1) is 11.3 Å². The van der Waals surface area contributed by atoms with Gasteiger partial charge in [-0.25, -0.2) is 0 Å². The van der Waals surface area contributed by atoms with Gasteiger partial charge in [0.25, 0.3) is 0 Å². The number of fused-ring (bicyclic) bond motifs is 2. The lowest BCUT2D eigenvalue weighted by Crippen LogP contribution is -2.40. The van der Waals surface area contributed by atoms with Gasteiger partial charge in [0.1, 0.15) is 0 Å². The predicted octanol–water partition coefficient (Wildman–Crippen LogP) is 2.88. The first-order valence-electron chi connectivity index (χ1n) is 8.17. The van der Waals surface area contributed by atoms with Crippen LogP contribution in [0.3, 0.4) is 0 Å². The normalized spacial score (nSPS) is 34.8. The number of hydrogen-bond acceptors (Lipinski definition) is 2. The summed E-state index contributed by atoms with van der Waals surface area (Å²) in [6.45, 7) is 2.30. The summed E-state index contributed by atoms with van der Waals surface area (Å²) < 4.78 is 38.8. The fraction of sp³-hybridized carbons (Fsp3) is 0.500. The molecule has 2 N–H and O–H groups in total. The second-order valence-corrected chi connectivity index (χ2v) is 7.24. The molecule has 0 bridgehead atoms. The van der Waals surface area contributed by atoms with E-state index in [0.717, 1.165) is 11.6 Å². The highest BCUT2D eigenvalue weighted by atomic mass is 19.4. The van der Waals surface area contributed by atoms with E-state index in [2.05, 4.69) is 6.92 Å². The molecule has 128 valence electrons. The van der Waals surface area contributed by atoms with Crippen molar-refractivity contribution in [3.63, 3.8) is 0 Å². The van der Waals surface area contributed by atoms with Gasteiger partial charge in [0, 0.05) is 18.6 Å². The van der Waals surface area contributed by atoms with E-state index in [1.54, 1.807) is 11.0 Å². The molecule has 0 radical (unpaired) electrons. The maximum absolute atomic E-state index is 13.0. The molecule has 4 rings (SSSR count). The summed E-state index contributed by atoms with van der Waals surface area (Å²) in [6.07, 6.45) is 0.627. The number of alkyl halides is 3. The molecule has 1 saturated heterocycles. The first kappa shape index (κ1) is 15.7. The molecule has 2 aliphatic heterocycles. The van der Waals surface area contributed by atoms with Gasteiger partial charge in [-0.05, 0) is 42.0 Å². The largest absolute Gasteiger partial charge is 0.416 e. The molecule has 1 amide bonds. The van der Waals surface area contributed by atoms with Gasteiger partial charge in [-0.1, -0.05) is 25.1 Å². The van der Waals surface area contributed by atoms with E-state index in [1.807, 2.05) is 12.2 Å². The van der Waals surface area contributed by atoms with Gasteiger partial charge in [0.15, 0.2) is 0 Å². The summed E-state index contributed by atoms with van der Waals surface area (Å²) >= 11 is 0. The molecule has 1 aliphatic carbocycles. The van der Waals surface area contributed by atoms with Gasteiger partial charge in [-0.2, -0.15) is 13.2 Å². The first-order chi connectivity index (χ1) is 11.2. The van der Waals surface area contributed by atoms with Crippen molar-refractivity contribution in [1.82, 2.24) is 4.90 Å². The maximum atomic E-state index is 13.0. The highest BCUT2D eigenvalue weighted by Gasteiger charge is 2.58. The van der Waals surface area contributed by atoms with E-state index in [-0.39, 0.29) is 30.5 Å². The number of nitrogens with zero attached hydrogens (tertiary/aromatic N) is 1. The van der Waals surface area contributed by atoms with Crippen LogP contribution in [-0.4, -0.2) is 22.9 Å². The van der Waals surface area contributed by atoms with Gasteiger partial charge in [0.2, 0.25) is 5.91 Å². The average Bonchev–Trinajstić information content (AvgIpc) is 3.01. The number of benzene rings is 1. The van der Waals surface area contributed by atoms with Crippen molar-refractivity contribution >= 4 is 5.91 Å². The summed E-state index contributed by atoms with van der Waals surface area (Å²) in [4.78, 5) is 14.8. The summed E-state index contributed by atoms with van der Waals surface area (Å²) in [5.41, 5.74) is 6.24. The molecule has 3 nitrogen and oxygen atoms in total. The number of carbonyl (C=O) groups excluding carboxylic acids is 1. The monoisotopic (exact) mass is 336 g/mol. The molecule has 6 heteroatoms. The first-order valence-corrected chi connectivity index (χ1v) is 8.17. The molecule has 1 fully saturated rings. The average molecular weight is 336 g/mol. The number of carbonyl (C=O) groups is 1. The standard InChI is InChI=1S/C18H19F3N2O/c1-10-15-7-11-2-3-13(18(19,20)21)6-12(11)9-23(15)16(24)17(10)5-4-14(22)8-17/h2-6,10,14-15H,7-9,22H2,1H3/t10?,14-,15?,17+/m1/s1. The Hall–Kier alpha value is -1.82. The minimum absolute atomic E-state index is 0.00672. The van der Waals surface area contributed by atoms with Crippen LogP contribution in [0.4, 0.5) is 13.2 Å². The Balaban J connectivity index is 1.70. The molecule has 3 aliphatic rings. The summed E-state index contributed by atoms with van der Waals surface area (Å²) in [5, 5.41) is 0. The van der Waals surface area contributed by atoms with E-state index in [4.69, 9.17) is 5.73 Å². The van der Waals surface area contributed by atoms with E-state index in [9.17, 15) is 18.0 Å². The minimum Gasteiger partial charge on any atom is -0.334 e. The lowest BCUT2D eigenvalue weighted by atomic mass is 9.74. The van der Waals surface area contributed by atoms with E-state index < -0.39 is 17.2 Å². The summed E-state index contributed by atoms with van der Waals surface area (Å²) in [7, 11) is 0. The van der Waals surface area contributed by atoms with Gasteiger partial charge < -0.3 is 10.6 Å². The fourth-order valence-electron chi connectivity index (χ4n) is 4.58. The third-order valence-electron chi connectivity index (χ3n) is 5.97. The quantitative estimate of drug-likeness (QED) is 0.741. The van der Waals surface area contributed by atoms with Crippen LogP contribution in [0.15, 0.2) is 30.4 Å². The molecular formula is C18H19F3N2O. The Morgan fingerprint density at radius 1 is 1.29 bits per heavy atom. The van der Waals surface area contributed by atoms with Crippen molar-refractivity contribution in [3.05, 3.63) is 47.0 Å². The Labute approximate surface area is 138 Å². The number of halogens is 3. The zero-order valence-electron chi connectivity index (χ0n) is 13.3. The second-order valence-electron chi connectivity index (χ2n) is 7.24. The van der Waals surface area contributed by atoms with Gasteiger partial charge in [0.05, 0.1) is 11.0 Å². The summed E-state index contributed by atoms with van der Waals surface area (Å²) in [6, 6.07) is 3.78. The van der Waals surface area contributed by atoms with Crippen LogP contribution < -0.4 is 5.73 Å². The molecule has 1 aromatic carbocycles. The molecule has 1 aromatic rings. The highest BCUT2D eigenvalue weighted by Crippen LogP contribution is 2.51. The molecule has 0 saturated carbocycles. The second kappa shape index (κ2) is 4.85. The van der Waals surface area contributed by atoms with Gasteiger partial charge in [-0.15, -0.1) is 0 Å². The van der Waals surface area contributed by atoms with E-state index in [1.165, 1.54) is 6.07 Å². The SMILES string of the molecule is CC1C2Cc3ccc(C(F)(F)F)cc3CN2C(=O)[C@]12C=C[C@@H](N)C2. The lowest BCUT2D eigenvalue weighted by molar-refractivity contribution is -0.137. The molecule has 0 aromatic heterocycles. The van der Waals surface area contributed by atoms with E-state index in [0.29, 0.717) is 18.4 Å². The van der Waals surface area contributed by atoms with Crippen molar-refractivity contribution < 1.29 is 18.0 Å². The topological polar surface area (TPSA) is 46.3 Å². The summed E-state index contributed by atoms with van der Waals surface area (Å²) in [5.74, 6) is 0.109. The van der Waals surface area contributed by atoms with Crippen molar-refractivity contribution in [1.29, 1.82) is 0 Å². The number of hydrogen-bond donors (Lipinski definition) is 1. The van der Waals surface area contributed by atoms with Crippen molar-refractivity contribution in [2.75, 3.05) is 0 Å². The van der Waals surface area contributed by atoms with Crippen LogP contribution in [0.2, 0.25) is 0 Å². The molecule has 2 heterocycles. The number of amides is 1. The van der Waals surface area contributed by atoms with Gasteiger partial charge >= 0.3 is 6.18 Å². The van der Waals surface area contributed by atoms with Crippen LogP contribution in [0.25, 0.3) is 0 Å². The van der Waals surface area contributed by atoms with Gasteiger partial charge in [-0.3, -0.25) is 4.79 Å². The minimum atomic E-state index is -4.36. The molecule has 4 atom stereocenters. The zero-order valence-corrected chi connectivity index (χ0v) is 13.3.